The molecule has 0 radical (unpaired) electrons. The molecule has 0 fully saturated rings. The van der Waals surface area contributed by atoms with Crippen LogP contribution in [0.1, 0.15) is 0 Å². The van der Waals surface area contributed by atoms with Crippen molar-refractivity contribution in [2.75, 3.05) is 14.2 Å². The second-order valence-electron chi connectivity index (χ2n) is 4.85. The Morgan fingerprint density at radius 2 is 1.45 bits per heavy atom. The number of ether oxygens (including phenoxy) is 2. The Bertz CT molecular complexity index is 752. The molecule has 3 aromatic rings. The fourth-order valence-corrected chi connectivity index (χ4v) is 2.41. The van der Waals surface area contributed by atoms with Crippen LogP contribution in [-0.2, 0) is 0 Å². The summed E-state index contributed by atoms with van der Waals surface area (Å²) in [6.07, 6.45) is 1.80. The Balaban J connectivity index is 2.14. The summed E-state index contributed by atoms with van der Waals surface area (Å²) < 4.78 is 10.6. The van der Waals surface area contributed by atoms with Gasteiger partial charge in [0.15, 0.2) is 0 Å². The molecule has 0 spiro atoms. The van der Waals surface area contributed by atoms with Crippen LogP contribution < -0.4 is 9.47 Å². The molecular formula is C19H17NO2. The average Bonchev–Trinajstić information content (AvgIpc) is 2.62. The Morgan fingerprint density at radius 3 is 2.09 bits per heavy atom. The molecular weight excluding hydrogens is 274 g/mol. The number of hydrogen-bond donors (Lipinski definition) is 0. The maximum Gasteiger partial charge on any atom is 0.119 e. The highest BCUT2D eigenvalue weighted by molar-refractivity contribution is 5.83. The van der Waals surface area contributed by atoms with E-state index in [2.05, 4.69) is 11.1 Å². The van der Waals surface area contributed by atoms with E-state index in [4.69, 9.17) is 9.47 Å². The van der Waals surface area contributed by atoms with Gasteiger partial charge in [0.05, 0.1) is 19.9 Å². The molecule has 0 saturated heterocycles. The predicted octanol–water partition coefficient (Wildman–Crippen LogP) is 4.43. The summed E-state index contributed by atoms with van der Waals surface area (Å²) in [6, 6.07) is 20.0. The number of benzene rings is 2. The van der Waals surface area contributed by atoms with Crippen LogP contribution in [0.3, 0.4) is 0 Å². The monoisotopic (exact) mass is 291 g/mol. The molecule has 22 heavy (non-hydrogen) atoms. The van der Waals surface area contributed by atoms with Gasteiger partial charge in [-0.1, -0.05) is 24.3 Å². The molecule has 1 aromatic heterocycles. The number of rotatable bonds is 4. The number of nitrogens with zero attached hydrogens (tertiary/aromatic N) is 1. The summed E-state index contributed by atoms with van der Waals surface area (Å²) in [5.41, 5.74) is 4.20. The van der Waals surface area contributed by atoms with Gasteiger partial charge in [-0.3, -0.25) is 4.98 Å². The van der Waals surface area contributed by atoms with E-state index in [0.29, 0.717) is 0 Å². The first kappa shape index (κ1) is 14.1. The molecule has 110 valence electrons. The standard InChI is InChI=1S/C19H17NO2/c1-21-15-8-6-14(7-9-15)17-11-10-16(22-2)13-18(17)19-5-3-4-12-20-19/h3-13H,1-2H3. The molecule has 3 heteroatoms. The topological polar surface area (TPSA) is 31.4 Å². The fraction of sp³-hybridized carbons (Fsp3) is 0.105. The molecule has 0 amide bonds. The van der Waals surface area contributed by atoms with Gasteiger partial charge in [-0.05, 0) is 47.5 Å². The zero-order valence-corrected chi connectivity index (χ0v) is 12.6. The van der Waals surface area contributed by atoms with Crippen molar-refractivity contribution in [1.82, 2.24) is 4.98 Å². The van der Waals surface area contributed by atoms with Crippen LogP contribution in [-0.4, -0.2) is 19.2 Å². The summed E-state index contributed by atoms with van der Waals surface area (Å²) in [6.45, 7) is 0. The van der Waals surface area contributed by atoms with E-state index in [1.807, 2.05) is 54.6 Å². The number of pyridine rings is 1. The van der Waals surface area contributed by atoms with Crippen molar-refractivity contribution in [3.05, 3.63) is 66.9 Å². The highest BCUT2D eigenvalue weighted by atomic mass is 16.5. The molecule has 1 heterocycles. The SMILES string of the molecule is COc1ccc(-c2ccc(OC)cc2-c2ccccn2)cc1. The van der Waals surface area contributed by atoms with E-state index in [-0.39, 0.29) is 0 Å². The first-order valence-electron chi connectivity index (χ1n) is 7.05. The minimum Gasteiger partial charge on any atom is -0.497 e. The summed E-state index contributed by atoms with van der Waals surface area (Å²) >= 11 is 0. The number of aromatic nitrogens is 1. The summed E-state index contributed by atoms with van der Waals surface area (Å²) in [5.74, 6) is 1.66. The van der Waals surface area contributed by atoms with Gasteiger partial charge < -0.3 is 9.47 Å². The Labute approximate surface area is 130 Å². The van der Waals surface area contributed by atoms with Gasteiger partial charge in [-0.2, -0.15) is 0 Å². The molecule has 0 aliphatic heterocycles. The van der Waals surface area contributed by atoms with Crippen molar-refractivity contribution in [3.8, 4) is 33.9 Å². The van der Waals surface area contributed by atoms with Gasteiger partial charge >= 0.3 is 0 Å². The van der Waals surface area contributed by atoms with Crippen molar-refractivity contribution in [2.45, 2.75) is 0 Å². The van der Waals surface area contributed by atoms with Crippen LogP contribution in [0.15, 0.2) is 66.9 Å². The fourth-order valence-electron chi connectivity index (χ4n) is 2.41. The second-order valence-corrected chi connectivity index (χ2v) is 4.85. The van der Waals surface area contributed by atoms with Gasteiger partial charge in [0.25, 0.3) is 0 Å². The lowest BCUT2D eigenvalue weighted by atomic mass is 9.97. The molecule has 0 saturated carbocycles. The summed E-state index contributed by atoms with van der Waals surface area (Å²) in [7, 11) is 3.34. The van der Waals surface area contributed by atoms with Crippen molar-refractivity contribution in [2.24, 2.45) is 0 Å². The Kier molecular flexibility index (Phi) is 4.05. The Morgan fingerprint density at radius 1 is 0.727 bits per heavy atom. The van der Waals surface area contributed by atoms with Gasteiger partial charge in [0, 0.05) is 11.8 Å². The predicted molar refractivity (Wildman–Crippen MR) is 88.2 cm³/mol. The molecule has 3 rings (SSSR count). The van der Waals surface area contributed by atoms with Crippen LogP contribution in [0.2, 0.25) is 0 Å². The minimum absolute atomic E-state index is 0.818. The molecule has 3 nitrogen and oxygen atoms in total. The van der Waals surface area contributed by atoms with Crippen molar-refractivity contribution in [1.29, 1.82) is 0 Å². The third-order valence-electron chi connectivity index (χ3n) is 3.57. The average molecular weight is 291 g/mol. The molecule has 0 aliphatic rings. The molecule has 2 aromatic carbocycles. The van der Waals surface area contributed by atoms with Crippen LogP contribution in [0.5, 0.6) is 11.5 Å². The quantitative estimate of drug-likeness (QED) is 0.712. The summed E-state index contributed by atoms with van der Waals surface area (Å²) in [5, 5.41) is 0. The van der Waals surface area contributed by atoms with Gasteiger partial charge in [0.1, 0.15) is 11.5 Å². The van der Waals surface area contributed by atoms with E-state index < -0.39 is 0 Å². The van der Waals surface area contributed by atoms with E-state index in [9.17, 15) is 0 Å². The van der Waals surface area contributed by atoms with Crippen molar-refractivity contribution >= 4 is 0 Å². The molecule has 0 unspecified atom stereocenters. The Hall–Kier alpha value is -2.81. The number of hydrogen-bond acceptors (Lipinski definition) is 3. The van der Waals surface area contributed by atoms with Crippen molar-refractivity contribution < 1.29 is 9.47 Å². The van der Waals surface area contributed by atoms with Gasteiger partial charge in [0.2, 0.25) is 0 Å². The molecule has 0 aliphatic carbocycles. The lowest BCUT2D eigenvalue weighted by molar-refractivity contribution is 0.414. The third-order valence-corrected chi connectivity index (χ3v) is 3.57. The first-order valence-corrected chi connectivity index (χ1v) is 7.05. The van der Waals surface area contributed by atoms with E-state index in [1.54, 1.807) is 20.4 Å². The summed E-state index contributed by atoms with van der Waals surface area (Å²) in [4.78, 5) is 4.46. The van der Waals surface area contributed by atoms with E-state index in [0.717, 1.165) is 33.9 Å². The maximum atomic E-state index is 5.36. The smallest absolute Gasteiger partial charge is 0.119 e. The number of methoxy groups -OCH3 is 2. The zero-order chi connectivity index (χ0) is 15.4. The molecule has 0 atom stereocenters. The molecule has 0 bridgehead atoms. The van der Waals surface area contributed by atoms with Crippen LogP contribution >= 0.6 is 0 Å². The minimum atomic E-state index is 0.818. The lowest BCUT2D eigenvalue weighted by Gasteiger charge is -2.12. The highest BCUT2D eigenvalue weighted by Crippen LogP contribution is 2.34. The van der Waals surface area contributed by atoms with Gasteiger partial charge in [-0.25, -0.2) is 0 Å². The van der Waals surface area contributed by atoms with Crippen LogP contribution in [0.25, 0.3) is 22.4 Å². The first-order chi connectivity index (χ1) is 10.8. The van der Waals surface area contributed by atoms with Crippen molar-refractivity contribution in [3.63, 3.8) is 0 Å². The lowest BCUT2D eigenvalue weighted by Crippen LogP contribution is -1.91. The zero-order valence-electron chi connectivity index (χ0n) is 12.6. The van der Waals surface area contributed by atoms with Gasteiger partial charge in [-0.15, -0.1) is 0 Å². The van der Waals surface area contributed by atoms with Crippen LogP contribution in [0.4, 0.5) is 0 Å². The van der Waals surface area contributed by atoms with Crippen LogP contribution in [0, 0.1) is 0 Å². The largest absolute Gasteiger partial charge is 0.497 e. The van der Waals surface area contributed by atoms with E-state index >= 15 is 0 Å². The van der Waals surface area contributed by atoms with E-state index in [1.165, 1.54) is 0 Å². The second kappa shape index (κ2) is 6.31. The third kappa shape index (κ3) is 2.79. The highest BCUT2D eigenvalue weighted by Gasteiger charge is 2.10. The maximum absolute atomic E-state index is 5.36. The molecule has 0 N–H and O–H groups in total. The normalized spacial score (nSPS) is 10.3.